The van der Waals surface area contributed by atoms with E-state index in [1.807, 2.05) is 35.2 Å². The summed E-state index contributed by atoms with van der Waals surface area (Å²) in [6, 6.07) is 7.23. The lowest BCUT2D eigenvalue weighted by Gasteiger charge is -2.05. The van der Waals surface area contributed by atoms with Crippen molar-refractivity contribution in [3.05, 3.63) is 42.1 Å². The van der Waals surface area contributed by atoms with Gasteiger partial charge in [-0.1, -0.05) is 18.2 Å². The molecule has 0 aliphatic heterocycles. The minimum absolute atomic E-state index is 0.110. The van der Waals surface area contributed by atoms with Gasteiger partial charge in [0.05, 0.1) is 6.54 Å². The standard InChI is InChI=1S/C13H13ClN4O2S/c1-9-15-16-13(17(9)2)8-18-7-12(21(14,19)20)10-5-3-4-6-11(10)18/h3-7H,8H2,1-2H3. The third-order valence-electron chi connectivity index (χ3n) is 3.51. The summed E-state index contributed by atoms with van der Waals surface area (Å²) in [6.07, 6.45) is 1.54. The number of nitrogens with zero attached hydrogens (tertiary/aromatic N) is 4. The van der Waals surface area contributed by atoms with Crippen molar-refractivity contribution in [2.45, 2.75) is 18.4 Å². The molecular weight excluding hydrogens is 312 g/mol. The van der Waals surface area contributed by atoms with Gasteiger partial charge < -0.3 is 9.13 Å². The monoisotopic (exact) mass is 324 g/mol. The Hall–Kier alpha value is -1.86. The normalized spacial score (nSPS) is 12.1. The van der Waals surface area contributed by atoms with Gasteiger partial charge in [0.25, 0.3) is 9.05 Å². The molecule has 3 aromatic rings. The van der Waals surface area contributed by atoms with E-state index in [0.717, 1.165) is 17.2 Å². The van der Waals surface area contributed by atoms with Crippen LogP contribution in [0.4, 0.5) is 0 Å². The van der Waals surface area contributed by atoms with Crippen molar-refractivity contribution in [2.24, 2.45) is 7.05 Å². The molecule has 0 fully saturated rings. The second-order valence-electron chi connectivity index (χ2n) is 4.80. The lowest BCUT2D eigenvalue weighted by Crippen LogP contribution is -2.06. The van der Waals surface area contributed by atoms with E-state index in [-0.39, 0.29) is 4.90 Å². The van der Waals surface area contributed by atoms with E-state index < -0.39 is 9.05 Å². The summed E-state index contributed by atoms with van der Waals surface area (Å²) in [6.45, 7) is 2.28. The number of para-hydroxylation sites is 1. The second-order valence-corrected chi connectivity index (χ2v) is 7.33. The molecule has 2 aromatic heterocycles. The molecule has 110 valence electrons. The Labute approximate surface area is 126 Å². The molecule has 0 atom stereocenters. The van der Waals surface area contributed by atoms with Crippen LogP contribution in [-0.2, 0) is 22.6 Å². The highest BCUT2D eigenvalue weighted by atomic mass is 35.7. The van der Waals surface area contributed by atoms with Crippen molar-refractivity contribution in [1.82, 2.24) is 19.3 Å². The number of hydrogen-bond donors (Lipinski definition) is 0. The van der Waals surface area contributed by atoms with Gasteiger partial charge in [-0.3, -0.25) is 0 Å². The minimum atomic E-state index is -3.80. The number of aromatic nitrogens is 4. The molecule has 6 nitrogen and oxygen atoms in total. The predicted octanol–water partition coefficient (Wildman–Crippen LogP) is 2.05. The Morgan fingerprint density at radius 3 is 2.57 bits per heavy atom. The van der Waals surface area contributed by atoms with Crippen LogP contribution in [0.5, 0.6) is 0 Å². The summed E-state index contributed by atoms with van der Waals surface area (Å²) in [4.78, 5) is 0.110. The molecule has 1 aromatic carbocycles. The maximum Gasteiger partial charge on any atom is 0.263 e. The topological polar surface area (TPSA) is 69.8 Å². The van der Waals surface area contributed by atoms with Gasteiger partial charge in [0.15, 0.2) is 5.82 Å². The van der Waals surface area contributed by atoms with Crippen LogP contribution >= 0.6 is 10.7 Å². The van der Waals surface area contributed by atoms with Gasteiger partial charge >= 0.3 is 0 Å². The van der Waals surface area contributed by atoms with Crippen LogP contribution < -0.4 is 0 Å². The zero-order chi connectivity index (χ0) is 15.2. The molecule has 8 heteroatoms. The maximum absolute atomic E-state index is 11.7. The van der Waals surface area contributed by atoms with Gasteiger partial charge in [-0.25, -0.2) is 8.42 Å². The van der Waals surface area contributed by atoms with Crippen molar-refractivity contribution in [3.63, 3.8) is 0 Å². The molecule has 0 amide bonds. The quantitative estimate of drug-likeness (QED) is 0.691. The summed E-state index contributed by atoms with van der Waals surface area (Å²) in [5.41, 5.74) is 0.789. The summed E-state index contributed by atoms with van der Waals surface area (Å²) in [5, 5.41) is 8.70. The van der Waals surface area contributed by atoms with E-state index >= 15 is 0 Å². The summed E-state index contributed by atoms with van der Waals surface area (Å²) < 4.78 is 27.1. The molecule has 0 aliphatic rings. The highest BCUT2D eigenvalue weighted by Gasteiger charge is 2.19. The fourth-order valence-corrected chi connectivity index (χ4v) is 3.34. The van der Waals surface area contributed by atoms with Gasteiger partial charge in [0.2, 0.25) is 0 Å². The predicted molar refractivity (Wildman–Crippen MR) is 79.8 cm³/mol. The number of fused-ring (bicyclic) bond motifs is 1. The van der Waals surface area contributed by atoms with E-state index in [1.54, 1.807) is 12.1 Å². The van der Waals surface area contributed by atoms with Gasteiger partial charge in [-0.15, -0.1) is 10.2 Å². The molecule has 21 heavy (non-hydrogen) atoms. The molecule has 0 unspecified atom stereocenters. The van der Waals surface area contributed by atoms with Crippen LogP contribution in [0.15, 0.2) is 35.4 Å². The number of halogens is 1. The lowest BCUT2D eigenvalue weighted by molar-refractivity contribution is 0.609. The molecule has 0 bridgehead atoms. The Morgan fingerprint density at radius 2 is 1.95 bits per heavy atom. The SMILES string of the molecule is Cc1nnc(Cn2cc(S(=O)(=O)Cl)c3ccccc32)n1C. The van der Waals surface area contributed by atoms with Crippen LogP contribution in [0.2, 0.25) is 0 Å². The summed E-state index contributed by atoms with van der Waals surface area (Å²) >= 11 is 0. The van der Waals surface area contributed by atoms with Crippen LogP contribution in [0.1, 0.15) is 11.6 Å². The number of benzene rings is 1. The number of hydrogen-bond acceptors (Lipinski definition) is 4. The van der Waals surface area contributed by atoms with E-state index in [9.17, 15) is 8.42 Å². The summed E-state index contributed by atoms with van der Waals surface area (Å²) in [7, 11) is 3.59. The second kappa shape index (κ2) is 4.85. The van der Waals surface area contributed by atoms with E-state index in [0.29, 0.717) is 11.9 Å². The highest BCUT2D eigenvalue weighted by Crippen LogP contribution is 2.28. The van der Waals surface area contributed by atoms with Crippen molar-refractivity contribution in [3.8, 4) is 0 Å². The van der Waals surface area contributed by atoms with Crippen LogP contribution in [0.25, 0.3) is 10.9 Å². The first-order valence-corrected chi connectivity index (χ1v) is 8.56. The van der Waals surface area contributed by atoms with E-state index in [1.165, 1.54) is 6.20 Å². The van der Waals surface area contributed by atoms with Crippen LogP contribution in [0.3, 0.4) is 0 Å². The number of aryl methyl sites for hydroxylation is 1. The first-order valence-electron chi connectivity index (χ1n) is 6.25. The average molecular weight is 325 g/mol. The molecule has 0 radical (unpaired) electrons. The molecule has 0 aliphatic carbocycles. The smallest absolute Gasteiger partial charge is 0.263 e. The zero-order valence-corrected chi connectivity index (χ0v) is 13.1. The van der Waals surface area contributed by atoms with E-state index in [2.05, 4.69) is 10.2 Å². The van der Waals surface area contributed by atoms with Gasteiger partial charge in [-0.05, 0) is 13.0 Å². The third-order valence-corrected chi connectivity index (χ3v) is 4.86. The van der Waals surface area contributed by atoms with Gasteiger partial charge in [0, 0.05) is 34.8 Å². The number of rotatable bonds is 3. The Bertz CT molecular complexity index is 927. The van der Waals surface area contributed by atoms with Gasteiger partial charge in [0.1, 0.15) is 10.7 Å². The first-order chi connectivity index (χ1) is 9.88. The minimum Gasteiger partial charge on any atom is -0.338 e. The van der Waals surface area contributed by atoms with Crippen LogP contribution in [0, 0.1) is 6.92 Å². The zero-order valence-electron chi connectivity index (χ0n) is 11.5. The molecule has 2 heterocycles. The maximum atomic E-state index is 11.7. The molecule has 0 spiro atoms. The van der Waals surface area contributed by atoms with Crippen molar-refractivity contribution in [1.29, 1.82) is 0 Å². The molecule has 0 saturated heterocycles. The van der Waals surface area contributed by atoms with Crippen molar-refractivity contribution < 1.29 is 8.42 Å². The van der Waals surface area contributed by atoms with E-state index in [4.69, 9.17) is 10.7 Å². The van der Waals surface area contributed by atoms with Crippen molar-refractivity contribution in [2.75, 3.05) is 0 Å². The molecule has 0 N–H and O–H groups in total. The highest BCUT2D eigenvalue weighted by molar-refractivity contribution is 8.14. The fraction of sp³-hybridized carbons (Fsp3) is 0.231. The Balaban J connectivity index is 2.18. The first kappa shape index (κ1) is 14.1. The third kappa shape index (κ3) is 2.43. The average Bonchev–Trinajstić information content (AvgIpc) is 2.95. The molecule has 0 saturated carbocycles. The summed E-state index contributed by atoms with van der Waals surface area (Å²) in [5.74, 6) is 1.54. The van der Waals surface area contributed by atoms with Crippen LogP contribution in [-0.4, -0.2) is 27.7 Å². The molecule has 3 rings (SSSR count). The Kier molecular flexibility index (Phi) is 3.26. The lowest BCUT2D eigenvalue weighted by atomic mass is 10.2. The molecular formula is C13H13ClN4O2S. The van der Waals surface area contributed by atoms with Crippen molar-refractivity contribution >= 4 is 30.6 Å². The fourth-order valence-electron chi connectivity index (χ4n) is 2.28. The largest absolute Gasteiger partial charge is 0.338 e. The Morgan fingerprint density at radius 1 is 1.24 bits per heavy atom. The van der Waals surface area contributed by atoms with Gasteiger partial charge in [-0.2, -0.15) is 0 Å².